The Hall–Kier alpha value is -2.26. The molecule has 0 radical (unpaired) electrons. The third-order valence-electron chi connectivity index (χ3n) is 7.39. The lowest BCUT2D eigenvalue weighted by atomic mass is 10.0. The highest BCUT2D eigenvalue weighted by Crippen LogP contribution is 2.33. The average Bonchev–Trinajstić information content (AvgIpc) is 3.54. The van der Waals surface area contributed by atoms with Gasteiger partial charge >= 0.3 is 0 Å². The van der Waals surface area contributed by atoms with Crippen LogP contribution in [-0.2, 0) is 22.6 Å². The molecular formula is C25H38N6O2S. The van der Waals surface area contributed by atoms with E-state index in [1.165, 1.54) is 18.5 Å². The summed E-state index contributed by atoms with van der Waals surface area (Å²) in [6.07, 6.45) is 8.18. The lowest BCUT2D eigenvalue weighted by molar-refractivity contribution is -0.129. The number of amides is 2. The van der Waals surface area contributed by atoms with Gasteiger partial charge in [0.05, 0.1) is 18.3 Å². The lowest BCUT2D eigenvalue weighted by Crippen LogP contribution is -2.37. The van der Waals surface area contributed by atoms with E-state index < -0.39 is 0 Å². The minimum absolute atomic E-state index is 0.00656. The number of hydrogen-bond donors (Lipinski definition) is 1. The quantitative estimate of drug-likeness (QED) is 0.585. The Balaban J connectivity index is 1.43. The molecule has 1 N–H and O–H groups in total. The molecule has 4 heterocycles. The molecule has 4 rings (SSSR count). The molecule has 2 aliphatic heterocycles. The highest BCUT2D eigenvalue weighted by Gasteiger charge is 2.31. The first kappa shape index (κ1) is 24.9. The van der Waals surface area contributed by atoms with Crippen LogP contribution in [0, 0.1) is 6.92 Å². The summed E-state index contributed by atoms with van der Waals surface area (Å²) < 4.78 is 2.47. The molecule has 34 heavy (non-hydrogen) atoms. The Morgan fingerprint density at radius 2 is 2.12 bits per heavy atom. The third-order valence-corrected chi connectivity index (χ3v) is 8.27. The van der Waals surface area contributed by atoms with E-state index in [2.05, 4.69) is 33.6 Å². The molecule has 0 aliphatic carbocycles. The van der Waals surface area contributed by atoms with Gasteiger partial charge in [-0.3, -0.25) is 9.59 Å². The number of imidazole rings is 1. The number of aromatic nitrogens is 3. The molecule has 2 aromatic rings. The van der Waals surface area contributed by atoms with Crippen molar-refractivity contribution >= 4 is 23.2 Å². The van der Waals surface area contributed by atoms with Gasteiger partial charge in [0, 0.05) is 62.7 Å². The smallest absolute Gasteiger partial charge is 0.219 e. The van der Waals surface area contributed by atoms with E-state index in [9.17, 15) is 9.59 Å². The molecule has 2 aliphatic rings. The van der Waals surface area contributed by atoms with Crippen LogP contribution in [0.1, 0.15) is 87.2 Å². The van der Waals surface area contributed by atoms with Gasteiger partial charge in [-0.25, -0.2) is 9.97 Å². The SMILES string of the molecule is CCC(CC1CCCN1CCC(NC(C)=O)c1nccs1)n1c(C)nc2c1CCN(C(C)=O)C2. The van der Waals surface area contributed by atoms with Crippen molar-refractivity contribution < 1.29 is 9.59 Å². The van der Waals surface area contributed by atoms with E-state index in [0.717, 1.165) is 61.8 Å². The normalized spacial score (nSPS) is 20.2. The van der Waals surface area contributed by atoms with Crippen LogP contribution in [0.4, 0.5) is 0 Å². The van der Waals surface area contributed by atoms with Crippen molar-refractivity contribution in [2.45, 2.75) is 90.9 Å². The molecule has 0 spiro atoms. The van der Waals surface area contributed by atoms with Crippen LogP contribution >= 0.6 is 11.3 Å². The van der Waals surface area contributed by atoms with Gasteiger partial charge in [-0.05, 0) is 45.6 Å². The highest BCUT2D eigenvalue weighted by molar-refractivity contribution is 7.09. The van der Waals surface area contributed by atoms with Crippen LogP contribution in [0.3, 0.4) is 0 Å². The molecule has 8 nitrogen and oxygen atoms in total. The maximum Gasteiger partial charge on any atom is 0.219 e. The first-order valence-corrected chi connectivity index (χ1v) is 13.5. The van der Waals surface area contributed by atoms with Gasteiger partial charge < -0.3 is 19.7 Å². The topological polar surface area (TPSA) is 83.4 Å². The largest absolute Gasteiger partial charge is 0.347 e. The first-order valence-electron chi connectivity index (χ1n) is 12.6. The predicted octanol–water partition coefficient (Wildman–Crippen LogP) is 3.63. The van der Waals surface area contributed by atoms with Crippen LogP contribution in [0.25, 0.3) is 0 Å². The number of fused-ring (bicyclic) bond motifs is 1. The molecule has 2 aromatic heterocycles. The number of likely N-dealkylation sites (tertiary alicyclic amines) is 1. The molecule has 1 saturated heterocycles. The number of nitrogens with one attached hydrogen (secondary N) is 1. The van der Waals surface area contributed by atoms with E-state index in [-0.39, 0.29) is 17.9 Å². The Kier molecular flexibility index (Phi) is 8.03. The number of rotatable bonds is 9. The number of hydrogen-bond acceptors (Lipinski definition) is 6. The van der Waals surface area contributed by atoms with E-state index in [1.807, 2.05) is 16.5 Å². The fourth-order valence-electron chi connectivity index (χ4n) is 5.72. The Labute approximate surface area is 206 Å². The van der Waals surface area contributed by atoms with E-state index >= 15 is 0 Å². The summed E-state index contributed by atoms with van der Waals surface area (Å²) in [5, 5.41) is 6.05. The molecule has 2 amide bonds. The summed E-state index contributed by atoms with van der Waals surface area (Å²) in [4.78, 5) is 37.4. The second-order valence-electron chi connectivity index (χ2n) is 9.65. The van der Waals surface area contributed by atoms with Gasteiger partial charge in [0.2, 0.25) is 11.8 Å². The molecule has 0 saturated carbocycles. The second-order valence-corrected chi connectivity index (χ2v) is 10.6. The number of carbonyl (C=O) groups excluding carboxylic acids is 2. The van der Waals surface area contributed by atoms with Crippen LogP contribution in [-0.4, -0.2) is 61.8 Å². The lowest BCUT2D eigenvalue weighted by Gasteiger charge is -2.32. The van der Waals surface area contributed by atoms with Gasteiger partial charge in [0.25, 0.3) is 0 Å². The molecule has 186 valence electrons. The van der Waals surface area contributed by atoms with Crippen molar-refractivity contribution in [1.29, 1.82) is 0 Å². The molecule has 0 aromatic carbocycles. The molecule has 3 atom stereocenters. The number of carbonyl (C=O) groups is 2. The summed E-state index contributed by atoms with van der Waals surface area (Å²) in [5.74, 6) is 1.19. The minimum atomic E-state index is -0.0205. The average molecular weight is 487 g/mol. The summed E-state index contributed by atoms with van der Waals surface area (Å²) >= 11 is 1.61. The summed E-state index contributed by atoms with van der Waals surface area (Å²) in [5.41, 5.74) is 2.39. The van der Waals surface area contributed by atoms with Crippen LogP contribution in [0.5, 0.6) is 0 Å². The molecule has 9 heteroatoms. The zero-order valence-corrected chi connectivity index (χ0v) is 21.7. The third kappa shape index (κ3) is 5.51. The molecule has 1 fully saturated rings. The maximum atomic E-state index is 11.9. The van der Waals surface area contributed by atoms with Crippen molar-refractivity contribution in [3.8, 4) is 0 Å². The molecule has 0 bridgehead atoms. The molecular weight excluding hydrogens is 448 g/mol. The van der Waals surface area contributed by atoms with Crippen molar-refractivity contribution in [2.75, 3.05) is 19.6 Å². The van der Waals surface area contributed by atoms with Gasteiger partial charge in [0.15, 0.2) is 0 Å². The Morgan fingerprint density at radius 1 is 1.29 bits per heavy atom. The van der Waals surface area contributed by atoms with Crippen molar-refractivity contribution in [1.82, 2.24) is 29.7 Å². The van der Waals surface area contributed by atoms with Gasteiger partial charge in [0.1, 0.15) is 10.8 Å². The fraction of sp³-hybridized carbons (Fsp3) is 0.680. The summed E-state index contributed by atoms with van der Waals surface area (Å²) in [7, 11) is 0. The minimum Gasteiger partial charge on any atom is -0.347 e. The monoisotopic (exact) mass is 486 g/mol. The van der Waals surface area contributed by atoms with Crippen LogP contribution < -0.4 is 5.32 Å². The number of thiazole rings is 1. The second kappa shape index (κ2) is 11.0. The summed E-state index contributed by atoms with van der Waals surface area (Å²) in [6, 6.07) is 0.928. The molecule has 3 unspecified atom stereocenters. The summed E-state index contributed by atoms with van der Waals surface area (Å²) in [6.45, 7) is 11.1. The predicted molar refractivity (Wildman–Crippen MR) is 134 cm³/mol. The van der Waals surface area contributed by atoms with Crippen molar-refractivity contribution in [3.05, 3.63) is 33.8 Å². The van der Waals surface area contributed by atoms with Crippen LogP contribution in [0.15, 0.2) is 11.6 Å². The van der Waals surface area contributed by atoms with E-state index in [4.69, 9.17) is 4.98 Å². The van der Waals surface area contributed by atoms with Crippen molar-refractivity contribution in [2.24, 2.45) is 0 Å². The maximum absolute atomic E-state index is 11.9. The van der Waals surface area contributed by atoms with E-state index in [1.54, 1.807) is 25.2 Å². The Morgan fingerprint density at radius 3 is 2.79 bits per heavy atom. The van der Waals surface area contributed by atoms with Crippen LogP contribution in [0.2, 0.25) is 0 Å². The highest BCUT2D eigenvalue weighted by atomic mass is 32.1. The Bertz CT molecular complexity index is 988. The van der Waals surface area contributed by atoms with Gasteiger partial charge in [-0.1, -0.05) is 6.92 Å². The van der Waals surface area contributed by atoms with E-state index in [0.29, 0.717) is 18.6 Å². The number of aryl methyl sites for hydroxylation is 1. The fourth-order valence-corrected chi connectivity index (χ4v) is 6.45. The van der Waals surface area contributed by atoms with Crippen molar-refractivity contribution in [3.63, 3.8) is 0 Å². The number of nitrogens with zero attached hydrogens (tertiary/aromatic N) is 5. The zero-order chi connectivity index (χ0) is 24.2. The van der Waals surface area contributed by atoms with Gasteiger partial charge in [-0.15, -0.1) is 11.3 Å². The zero-order valence-electron chi connectivity index (χ0n) is 20.9. The van der Waals surface area contributed by atoms with Gasteiger partial charge in [-0.2, -0.15) is 0 Å². The standard InChI is InChI=1S/C25H38N6O2S/c1-5-20(31-17(2)27-23-16-30(19(4)33)13-9-24(23)31)15-21-7-6-11-29(21)12-8-22(28-18(3)32)25-26-10-14-34-25/h10,14,20-22H,5-9,11-13,15-16H2,1-4H3,(H,28,32). The first-order chi connectivity index (χ1) is 16.4.